The van der Waals surface area contributed by atoms with Crippen molar-refractivity contribution in [3.63, 3.8) is 0 Å². The van der Waals surface area contributed by atoms with Gasteiger partial charge in [-0.05, 0) is 48.7 Å². The summed E-state index contributed by atoms with van der Waals surface area (Å²) in [5.74, 6) is 1.08. The van der Waals surface area contributed by atoms with E-state index in [2.05, 4.69) is 41.6 Å². The van der Waals surface area contributed by atoms with E-state index in [0.717, 1.165) is 53.1 Å². The van der Waals surface area contributed by atoms with Gasteiger partial charge >= 0.3 is 0 Å². The zero-order valence-electron chi connectivity index (χ0n) is 16.6. The summed E-state index contributed by atoms with van der Waals surface area (Å²) in [6.45, 7) is 4.98. The van der Waals surface area contributed by atoms with E-state index in [-0.39, 0.29) is 0 Å². The third-order valence-electron chi connectivity index (χ3n) is 5.13. The van der Waals surface area contributed by atoms with Crippen LogP contribution in [0.5, 0.6) is 0 Å². The maximum atomic E-state index is 9.30. The Kier molecular flexibility index (Phi) is 5.37. The lowest BCUT2D eigenvalue weighted by molar-refractivity contribution is 0.686. The summed E-state index contributed by atoms with van der Waals surface area (Å²) in [4.78, 5) is 9.49. The van der Waals surface area contributed by atoms with Crippen molar-refractivity contribution in [1.82, 2.24) is 19.1 Å². The van der Waals surface area contributed by atoms with Gasteiger partial charge in [0.1, 0.15) is 23.1 Å². The van der Waals surface area contributed by atoms with Crippen LogP contribution in [0.25, 0.3) is 16.9 Å². The van der Waals surface area contributed by atoms with Crippen molar-refractivity contribution >= 4 is 22.8 Å². The standard InChI is InChI=1S/C23H22ClN5/c1-3-4-5-21-27-22-16(2)10-11-26-23(22)29(21)14-17-6-8-19(9-7-17)28-15-18(24)12-20(28)13-25/h6-12,15H,3-5,14H2,1-2H3. The average molecular weight is 404 g/mol. The minimum atomic E-state index is 0.518. The van der Waals surface area contributed by atoms with Gasteiger partial charge in [0.15, 0.2) is 5.65 Å². The normalized spacial score (nSPS) is 11.1. The summed E-state index contributed by atoms with van der Waals surface area (Å²) in [7, 11) is 0. The van der Waals surface area contributed by atoms with Crippen LogP contribution in [0.1, 0.15) is 42.4 Å². The largest absolute Gasteiger partial charge is 0.308 e. The van der Waals surface area contributed by atoms with Crippen molar-refractivity contribution in [3.05, 3.63) is 76.5 Å². The smallest absolute Gasteiger partial charge is 0.160 e. The van der Waals surface area contributed by atoms with Crippen LogP contribution in [0.4, 0.5) is 0 Å². The molecule has 0 amide bonds. The van der Waals surface area contributed by atoms with Gasteiger partial charge < -0.3 is 9.13 Å². The minimum Gasteiger partial charge on any atom is -0.308 e. The molecule has 4 aromatic rings. The van der Waals surface area contributed by atoms with Crippen molar-refractivity contribution < 1.29 is 0 Å². The number of imidazole rings is 1. The number of aromatic nitrogens is 4. The highest BCUT2D eigenvalue weighted by Gasteiger charge is 2.14. The molecule has 0 bridgehead atoms. The maximum absolute atomic E-state index is 9.30. The lowest BCUT2D eigenvalue weighted by atomic mass is 10.2. The number of fused-ring (bicyclic) bond motifs is 1. The molecule has 0 spiro atoms. The Bertz CT molecular complexity index is 1190. The van der Waals surface area contributed by atoms with Crippen molar-refractivity contribution in [3.8, 4) is 11.8 Å². The first kappa shape index (κ1) is 19.2. The quantitative estimate of drug-likeness (QED) is 0.430. The van der Waals surface area contributed by atoms with Gasteiger partial charge in [-0.2, -0.15) is 5.26 Å². The Balaban J connectivity index is 1.68. The number of nitriles is 1. The van der Waals surface area contributed by atoms with Gasteiger partial charge in [0, 0.05) is 24.5 Å². The van der Waals surface area contributed by atoms with Crippen molar-refractivity contribution in [2.24, 2.45) is 0 Å². The number of unbranched alkanes of at least 4 members (excludes halogenated alkanes) is 1. The zero-order chi connectivity index (χ0) is 20.4. The second-order valence-corrected chi connectivity index (χ2v) is 7.65. The lowest BCUT2D eigenvalue weighted by Gasteiger charge is -2.10. The van der Waals surface area contributed by atoms with Gasteiger partial charge in [-0.1, -0.05) is 37.1 Å². The van der Waals surface area contributed by atoms with Crippen molar-refractivity contribution in [2.75, 3.05) is 0 Å². The van der Waals surface area contributed by atoms with E-state index in [1.807, 2.05) is 24.4 Å². The number of rotatable bonds is 6. The molecular formula is C23H22ClN5. The van der Waals surface area contributed by atoms with Crippen LogP contribution >= 0.6 is 11.6 Å². The van der Waals surface area contributed by atoms with Crippen LogP contribution < -0.4 is 0 Å². The first-order chi connectivity index (χ1) is 14.1. The average Bonchev–Trinajstić information content (AvgIpc) is 3.28. The molecule has 5 nitrogen and oxygen atoms in total. The van der Waals surface area contributed by atoms with Crippen LogP contribution in [0.15, 0.2) is 48.8 Å². The number of nitrogens with zero attached hydrogens (tertiary/aromatic N) is 5. The molecule has 146 valence electrons. The third-order valence-corrected chi connectivity index (χ3v) is 5.33. The molecule has 6 heteroatoms. The number of hydrogen-bond acceptors (Lipinski definition) is 3. The van der Waals surface area contributed by atoms with E-state index in [1.165, 1.54) is 0 Å². The Hall–Kier alpha value is -3.10. The molecule has 0 aliphatic heterocycles. The summed E-state index contributed by atoms with van der Waals surface area (Å²) >= 11 is 6.06. The van der Waals surface area contributed by atoms with E-state index in [9.17, 15) is 5.26 Å². The van der Waals surface area contributed by atoms with Crippen molar-refractivity contribution in [2.45, 2.75) is 39.7 Å². The summed E-state index contributed by atoms with van der Waals surface area (Å²) in [6.07, 6.45) is 6.78. The van der Waals surface area contributed by atoms with E-state index >= 15 is 0 Å². The first-order valence-corrected chi connectivity index (χ1v) is 10.2. The van der Waals surface area contributed by atoms with E-state index in [0.29, 0.717) is 17.3 Å². The van der Waals surface area contributed by atoms with Gasteiger partial charge in [-0.25, -0.2) is 9.97 Å². The SMILES string of the molecule is CCCCc1nc2c(C)ccnc2n1Cc1ccc(-n2cc(Cl)cc2C#N)cc1. The van der Waals surface area contributed by atoms with E-state index in [4.69, 9.17) is 16.6 Å². The molecule has 3 heterocycles. The molecular weight excluding hydrogens is 382 g/mol. The van der Waals surface area contributed by atoms with Crippen molar-refractivity contribution in [1.29, 1.82) is 5.26 Å². The maximum Gasteiger partial charge on any atom is 0.160 e. The molecule has 0 radical (unpaired) electrons. The Morgan fingerprint density at radius 3 is 2.69 bits per heavy atom. The summed E-state index contributed by atoms with van der Waals surface area (Å²) in [5.41, 5.74) is 5.65. The molecule has 0 aliphatic rings. The molecule has 3 aromatic heterocycles. The number of halogens is 1. The molecule has 29 heavy (non-hydrogen) atoms. The van der Waals surface area contributed by atoms with Crippen LogP contribution in [0, 0.1) is 18.3 Å². The molecule has 0 fully saturated rings. The highest BCUT2D eigenvalue weighted by molar-refractivity contribution is 6.30. The Morgan fingerprint density at radius 2 is 1.97 bits per heavy atom. The van der Waals surface area contributed by atoms with Gasteiger partial charge in [0.2, 0.25) is 0 Å². The van der Waals surface area contributed by atoms with Crippen LogP contribution in [0.3, 0.4) is 0 Å². The predicted octanol–water partition coefficient (Wildman–Crippen LogP) is 5.45. The molecule has 0 aliphatic carbocycles. The fourth-order valence-corrected chi connectivity index (χ4v) is 3.75. The molecule has 0 atom stereocenters. The van der Waals surface area contributed by atoms with Gasteiger partial charge in [-0.3, -0.25) is 0 Å². The van der Waals surface area contributed by atoms with Crippen LogP contribution in [-0.2, 0) is 13.0 Å². The van der Waals surface area contributed by atoms with E-state index in [1.54, 1.807) is 16.8 Å². The molecule has 0 N–H and O–H groups in total. The molecule has 0 saturated heterocycles. The Labute approximate surface area is 175 Å². The molecule has 0 unspecified atom stereocenters. The lowest BCUT2D eigenvalue weighted by Crippen LogP contribution is -2.06. The highest BCUT2D eigenvalue weighted by atomic mass is 35.5. The number of benzene rings is 1. The number of pyridine rings is 1. The number of hydrogen-bond donors (Lipinski definition) is 0. The summed E-state index contributed by atoms with van der Waals surface area (Å²) in [6, 6.07) is 14.0. The van der Waals surface area contributed by atoms with Crippen LogP contribution in [0.2, 0.25) is 5.02 Å². The monoisotopic (exact) mass is 403 g/mol. The summed E-state index contributed by atoms with van der Waals surface area (Å²) in [5, 5.41) is 9.85. The molecule has 0 saturated carbocycles. The zero-order valence-corrected chi connectivity index (χ0v) is 17.3. The predicted molar refractivity (Wildman–Crippen MR) is 115 cm³/mol. The number of aryl methyl sites for hydroxylation is 2. The second-order valence-electron chi connectivity index (χ2n) is 7.21. The van der Waals surface area contributed by atoms with E-state index < -0.39 is 0 Å². The van der Waals surface area contributed by atoms with Gasteiger partial charge in [0.25, 0.3) is 0 Å². The fourth-order valence-electron chi connectivity index (χ4n) is 3.55. The van der Waals surface area contributed by atoms with Crippen LogP contribution in [-0.4, -0.2) is 19.1 Å². The first-order valence-electron chi connectivity index (χ1n) is 9.78. The molecule has 4 rings (SSSR count). The molecule has 1 aromatic carbocycles. The topological polar surface area (TPSA) is 59.4 Å². The third kappa shape index (κ3) is 3.76. The fraction of sp³-hybridized carbons (Fsp3) is 0.261. The van der Waals surface area contributed by atoms with Gasteiger partial charge in [-0.15, -0.1) is 0 Å². The second kappa shape index (κ2) is 8.10. The Morgan fingerprint density at radius 1 is 1.17 bits per heavy atom. The summed E-state index contributed by atoms with van der Waals surface area (Å²) < 4.78 is 4.02. The minimum absolute atomic E-state index is 0.518. The highest BCUT2D eigenvalue weighted by Crippen LogP contribution is 2.22. The van der Waals surface area contributed by atoms with Gasteiger partial charge in [0.05, 0.1) is 11.6 Å².